The van der Waals surface area contributed by atoms with Crippen LogP contribution in [0.15, 0.2) is 58.1 Å². The van der Waals surface area contributed by atoms with Crippen molar-refractivity contribution in [2.24, 2.45) is 5.10 Å². The molecule has 2 N–H and O–H groups in total. The number of amides is 1. The van der Waals surface area contributed by atoms with Crippen LogP contribution < -0.4 is 10.2 Å². The van der Waals surface area contributed by atoms with Gasteiger partial charge >= 0.3 is 0 Å². The normalized spacial score (nSPS) is 10.5. The lowest BCUT2D eigenvalue weighted by Crippen LogP contribution is -2.24. The number of carbonyl (C=O) groups excluding carboxylic acids is 1. The van der Waals surface area contributed by atoms with Gasteiger partial charge in [-0.15, -0.1) is 0 Å². The van der Waals surface area contributed by atoms with E-state index in [1.807, 2.05) is 12.1 Å². The first-order valence-corrected chi connectivity index (χ1v) is 6.92. The maximum absolute atomic E-state index is 11.5. The summed E-state index contributed by atoms with van der Waals surface area (Å²) in [7, 11) is 0. The first kappa shape index (κ1) is 15.1. The summed E-state index contributed by atoms with van der Waals surface area (Å²) in [5, 5.41) is 13.1. The number of halogens is 1. The van der Waals surface area contributed by atoms with E-state index in [1.165, 1.54) is 12.3 Å². The van der Waals surface area contributed by atoms with Crippen molar-refractivity contribution >= 4 is 28.1 Å². The second-order valence-electron chi connectivity index (χ2n) is 4.13. The number of nitrogens with zero attached hydrogens (tertiary/aromatic N) is 1. The standard InChI is InChI=1S/C15H13BrN2O3/c16-12-4-2-6-14(8-12)21-10-15(20)18-17-9-11-3-1-5-13(19)7-11/h1-9,19H,10H2,(H,18,20)/b17-9+. The summed E-state index contributed by atoms with van der Waals surface area (Å²) in [4.78, 5) is 11.5. The fraction of sp³-hybridized carbons (Fsp3) is 0.0667. The summed E-state index contributed by atoms with van der Waals surface area (Å²) < 4.78 is 6.19. The number of phenols is 1. The Morgan fingerprint density at radius 2 is 2.10 bits per heavy atom. The Bertz CT molecular complexity index is 659. The van der Waals surface area contributed by atoms with Crippen molar-refractivity contribution in [3.63, 3.8) is 0 Å². The summed E-state index contributed by atoms with van der Waals surface area (Å²) in [6.07, 6.45) is 1.44. The van der Waals surface area contributed by atoms with Crippen molar-refractivity contribution in [1.82, 2.24) is 5.43 Å². The average molecular weight is 349 g/mol. The van der Waals surface area contributed by atoms with E-state index in [1.54, 1.807) is 30.3 Å². The lowest BCUT2D eigenvalue weighted by atomic mass is 10.2. The molecule has 0 radical (unpaired) electrons. The molecule has 0 spiro atoms. The van der Waals surface area contributed by atoms with Gasteiger partial charge < -0.3 is 9.84 Å². The van der Waals surface area contributed by atoms with Gasteiger partial charge in [0.1, 0.15) is 11.5 Å². The number of ether oxygens (including phenoxy) is 1. The van der Waals surface area contributed by atoms with Crippen LogP contribution in [0.1, 0.15) is 5.56 Å². The molecule has 0 aromatic heterocycles. The van der Waals surface area contributed by atoms with E-state index in [2.05, 4.69) is 26.5 Å². The van der Waals surface area contributed by atoms with Gasteiger partial charge in [-0.3, -0.25) is 4.79 Å². The minimum atomic E-state index is -0.369. The van der Waals surface area contributed by atoms with Gasteiger partial charge in [-0.05, 0) is 35.9 Å². The zero-order valence-corrected chi connectivity index (χ0v) is 12.6. The maximum atomic E-state index is 11.5. The Labute approximate surface area is 130 Å². The van der Waals surface area contributed by atoms with Crippen LogP contribution in [0.5, 0.6) is 11.5 Å². The zero-order chi connectivity index (χ0) is 15.1. The molecule has 0 heterocycles. The van der Waals surface area contributed by atoms with Crippen LogP contribution >= 0.6 is 15.9 Å². The molecule has 0 aliphatic carbocycles. The molecule has 0 aliphatic heterocycles. The van der Waals surface area contributed by atoms with E-state index in [9.17, 15) is 9.90 Å². The number of hydrogen-bond acceptors (Lipinski definition) is 4. The number of hydrazone groups is 1. The molecule has 0 aliphatic rings. The molecule has 2 rings (SSSR count). The molecule has 0 saturated carbocycles. The number of carbonyl (C=O) groups is 1. The Balaban J connectivity index is 1.80. The van der Waals surface area contributed by atoms with Gasteiger partial charge in [0.05, 0.1) is 6.21 Å². The smallest absolute Gasteiger partial charge is 0.277 e. The number of phenolic OH excluding ortho intramolecular Hbond substituents is 1. The lowest BCUT2D eigenvalue weighted by molar-refractivity contribution is -0.123. The fourth-order valence-corrected chi connectivity index (χ4v) is 1.90. The van der Waals surface area contributed by atoms with Crippen LogP contribution in [0.2, 0.25) is 0 Å². The number of benzene rings is 2. The topological polar surface area (TPSA) is 70.9 Å². The highest BCUT2D eigenvalue weighted by molar-refractivity contribution is 9.10. The van der Waals surface area contributed by atoms with Crippen LogP contribution in [-0.2, 0) is 4.79 Å². The van der Waals surface area contributed by atoms with E-state index in [-0.39, 0.29) is 18.3 Å². The van der Waals surface area contributed by atoms with Crippen molar-refractivity contribution in [3.05, 3.63) is 58.6 Å². The minimum Gasteiger partial charge on any atom is -0.508 e. The van der Waals surface area contributed by atoms with Crippen molar-refractivity contribution < 1.29 is 14.6 Å². The molecule has 0 fully saturated rings. The molecule has 0 unspecified atom stereocenters. The highest BCUT2D eigenvalue weighted by Gasteiger charge is 2.01. The number of aromatic hydroxyl groups is 1. The highest BCUT2D eigenvalue weighted by Crippen LogP contribution is 2.17. The van der Waals surface area contributed by atoms with Crippen LogP contribution in [0.3, 0.4) is 0 Å². The minimum absolute atomic E-state index is 0.131. The first-order chi connectivity index (χ1) is 10.1. The third-order valence-electron chi connectivity index (χ3n) is 2.44. The number of hydrogen-bond donors (Lipinski definition) is 2. The Hall–Kier alpha value is -2.34. The van der Waals surface area contributed by atoms with Gasteiger partial charge in [0.2, 0.25) is 0 Å². The summed E-state index contributed by atoms with van der Waals surface area (Å²) in [5.74, 6) is 0.367. The average Bonchev–Trinajstić information content (AvgIpc) is 2.45. The maximum Gasteiger partial charge on any atom is 0.277 e. The molecule has 2 aromatic rings. The third kappa shape index (κ3) is 5.27. The van der Waals surface area contributed by atoms with Crippen molar-refractivity contribution in [1.29, 1.82) is 0 Å². The quantitative estimate of drug-likeness (QED) is 0.644. The molecule has 5 nitrogen and oxygen atoms in total. The van der Waals surface area contributed by atoms with Crippen LogP contribution in [0.25, 0.3) is 0 Å². The van der Waals surface area contributed by atoms with Crippen molar-refractivity contribution in [3.8, 4) is 11.5 Å². The van der Waals surface area contributed by atoms with E-state index >= 15 is 0 Å². The Kier molecular flexibility index (Phi) is 5.34. The zero-order valence-electron chi connectivity index (χ0n) is 11.0. The van der Waals surface area contributed by atoms with E-state index in [0.29, 0.717) is 11.3 Å². The van der Waals surface area contributed by atoms with Gasteiger partial charge in [0.25, 0.3) is 5.91 Å². The molecular formula is C15H13BrN2O3. The molecule has 21 heavy (non-hydrogen) atoms. The van der Waals surface area contributed by atoms with Gasteiger partial charge in [-0.1, -0.05) is 34.1 Å². The van der Waals surface area contributed by atoms with E-state index < -0.39 is 0 Å². The summed E-state index contributed by atoms with van der Waals surface area (Å²) >= 11 is 3.32. The highest BCUT2D eigenvalue weighted by atomic mass is 79.9. The predicted octanol–water partition coefficient (Wildman–Crippen LogP) is 2.68. The van der Waals surface area contributed by atoms with Crippen molar-refractivity contribution in [2.45, 2.75) is 0 Å². The molecule has 0 saturated heterocycles. The fourth-order valence-electron chi connectivity index (χ4n) is 1.52. The SMILES string of the molecule is O=C(COc1cccc(Br)c1)N/N=C/c1cccc(O)c1. The number of rotatable bonds is 5. The number of nitrogens with one attached hydrogen (secondary N) is 1. The predicted molar refractivity (Wildman–Crippen MR) is 83.5 cm³/mol. The van der Waals surface area contributed by atoms with Crippen LogP contribution in [0.4, 0.5) is 0 Å². The second kappa shape index (κ2) is 7.44. The van der Waals surface area contributed by atoms with Gasteiger partial charge in [0.15, 0.2) is 6.61 Å². The Morgan fingerprint density at radius 3 is 2.86 bits per heavy atom. The van der Waals surface area contributed by atoms with Gasteiger partial charge in [0, 0.05) is 4.47 Å². The van der Waals surface area contributed by atoms with Gasteiger partial charge in [-0.25, -0.2) is 5.43 Å². The molecule has 0 atom stereocenters. The third-order valence-corrected chi connectivity index (χ3v) is 2.93. The van der Waals surface area contributed by atoms with Crippen LogP contribution in [0, 0.1) is 0 Å². The van der Waals surface area contributed by atoms with Gasteiger partial charge in [-0.2, -0.15) is 5.10 Å². The lowest BCUT2D eigenvalue weighted by Gasteiger charge is -2.05. The van der Waals surface area contributed by atoms with Crippen molar-refractivity contribution in [2.75, 3.05) is 6.61 Å². The van der Waals surface area contributed by atoms with E-state index in [0.717, 1.165) is 4.47 Å². The summed E-state index contributed by atoms with van der Waals surface area (Å²) in [6, 6.07) is 13.7. The van der Waals surface area contributed by atoms with Crippen LogP contribution in [-0.4, -0.2) is 23.8 Å². The molecule has 2 aromatic carbocycles. The summed E-state index contributed by atoms with van der Waals surface area (Å²) in [6.45, 7) is -0.131. The molecule has 6 heteroatoms. The second-order valence-corrected chi connectivity index (χ2v) is 5.05. The first-order valence-electron chi connectivity index (χ1n) is 6.13. The molecule has 0 bridgehead atoms. The molecule has 108 valence electrons. The summed E-state index contributed by atoms with van der Waals surface area (Å²) in [5.41, 5.74) is 3.03. The molecule has 1 amide bonds. The molecular weight excluding hydrogens is 336 g/mol. The van der Waals surface area contributed by atoms with E-state index in [4.69, 9.17) is 4.74 Å². The monoisotopic (exact) mass is 348 g/mol. The Morgan fingerprint density at radius 1 is 1.29 bits per heavy atom. The largest absolute Gasteiger partial charge is 0.508 e.